The molecule has 2 aliphatic heterocycles. The predicted molar refractivity (Wildman–Crippen MR) is 108 cm³/mol. The number of carbonyl (C=O) groups excluding carboxylic acids is 2. The number of anilines is 2. The highest BCUT2D eigenvalue weighted by atomic mass is 16.3. The molecule has 7 nitrogen and oxygen atoms in total. The van der Waals surface area contributed by atoms with Crippen molar-refractivity contribution in [3.63, 3.8) is 0 Å². The molecule has 2 saturated heterocycles. The highest BCUT2D eigenvalue weighted by Gasteiger charge is 2.29. The van der Waals surface area contributed by atoms with Crippen molar-refractivity contribution < 1.29 is 14.0 Å². The first-order chi connectivity index (χ1) is 13.7. The Hall–Kier alpha value is -2.80. The van der Waals surface area contributed by atoms with Crippen LogP contribution in [0, 0.1) is 0 Å². The number of amides is 3. The van der Waals surface area contributed by atoms with E-state index in [2.05, 4.69) is 15.5 Å². The number of piperidine rings is 1. The van der Waals surface area contributed by atoms with Crippen molar-refractivity contribution in [3.8, 4) is 0 Å². The third-order valence-corrected chi connectivity index (χ3v) is 5.48. The molecule has 1 aromatic carbocycles. The molecule has 0 unspecified atom stereocenters. The minimum atomic E-state index is -0.303. The molecule has 2 aliphatic rings. The summed E-state index contributed by atoms with van der Waals surface area (Å²) in [6.07, 6.45) is 6.22. The van der Waals surface area contributed by atoms with Crippen LogP contribution in [0.25, 0.3) is 0 Å². The fourth-order valence-electron chi connectivity index (χ4n) is 3.98. The van der Waals surface area contributed by atoms with Crippen LogP contribution in [0.4, 0.5) is 16.2 Å². The number of carbonyl (C=O) groups is 2. The Bertz CT molecular complexity index is 798. The van der Waals surface area contributed by atoms with Gasteiger partial charge >= 0.3 is 6.03 Å². The molecule has 0 bridgehead atoms. The highest BCUT2D eigenvalue weighted by molar-refractivity contribution is 6.02. The maximum Gasteiger partial charge on any atom is 0.321 e. The number of furan rings is 1. The third kappa shape index (κ3) is 4.36. The zero-order valence-corrected chi connectivity index (χ0v) is 15.9. The normalized spacial score (nSPS) is 20.1. The molecule has 0 aliphatic carbocycles. The van der Waals surface area contributed by atoms with Crippen LogP contribution < -0.4 is 10.6 Å². The van der Waals surface area contributed by atoms with Gasteiger partial charge in [0.25, 0.3) is 5.91 Å². The van der Waals surface area contributed by atoms with E-state index in [1.807, 2.05) is 4.90 Å². The smallest absolute Gasteiger partial charge is 0.321 e. The molecular formula is C21H26N4O3. The summed E-state index contributed by atoms with van der Waals surface area (Å²) in [6.45, 7) is 3.91. The van der Waals surface area contributed by atoms with Gasteiger partial charge in [0.1, 0.15) is 0 Å². The molecule has 0 radical (unpaired) electrons. The number of hydrogen-bond donors (Lipinski definition) is 2. The molecule has 3 amide bonds. The monoisotopic (exact) mass is 382 g/mol. The summed E-state index contributed by atoms with van der Waals surface area (Å²) in [5.74, 6) is -0.0434. The number of nitrogens with one attached hydrogen (secondary N) is 2. The number of rotatable bonds is 4. The molecule has 3 heterocycles. The SMILES string of the molecule is O=C(Nc1ccc(NC(=O)N2CCC[C@H](N3CCCC3)C2)cc1)c1ccco1. The third-order valence-electron chi connectivity index (χ3n) is 5.48. The lowest BCUT2D eigenvalue weighted by molar-refractivity contribution is 0.0996. The lowest BCUT2D eigenvalue weighted by Gasteiger charge is -2.37. The maximum absolute atomic E-state index is 12.7. The van der Waals surface area contributed by atoms with Crippen LogP contribution >= 0.6 is 0 Å². The molecule has 2 N–H and O–H groups in total. The van der Waals surface area contributed by atoms with Crippen LogP contribution in [0.5, 0.6) is 0 Å². The zero-order valence-electron chi connectivity index (χ0n) is 15.9. The Kier molecular flexibility index (Phi) is 5.62. The average molecular weight is 382 g/mol. The van der Waals surface area contributed by atoms with Crippen molar-refractivity contribution >= 4 is 23.3 Å². The van der Waals surface area contributed by atoms with E-state index in [0.29, 0.717) is 17.4 Å². The Morgan fingerprint density at radius 2 is 1.64 bits per heavy atom. The summed E-state index contributed by atoms with van der Waals surface area (Å²) < 4.78 is 5.08. The second-order valence-electron chi connectivity index (χ2n) is 7.42. The summed E-state index contributed by atoms with van der Waals surface area (Å²) in [5.41, 5.74) is 1.36. The van der Waals surface area contributed by atoms with Crippen LogP contribution in [-0.4, -0.2) is 54.0 Å². The average Bonchev–Trinajstić information content (AvgIpc) is 3.44. The van der Waals surface area contributed by atoms with Gasteiger partial charge in [0.2, 0.25) is 0 Å². The molecule has 0 saturated carbocycles. The molecule has 148 valence electrons. The van der Waals surface area contributed by atoms with Gasteiger partial charge in [0, 0.05) is 30.5 Å². The minimum Gasteiger partial charge on any atom is -0.459 e. The van der Waals surface area contributed by atoms with E-state index in [1.54, 1.807) is 36.4 Å². The van der Waals surface area contributed by atoms with Gasteiger partial charge in [-0.2, -0.15) is 0 Å². The van der Waals surface area contributed by atoms with Crippen LogP contribution in [-0.2, 0) is 0 Å². The molecule has 28 heavy (non-hydrogen) atoms. The van der Waals surface area contributed by atoms with Crippen LogP contribution in [0.3, 0.4) is 0 Å². The van der Waals surface area contributed by atoms with Gasteiger partial charge in [-0.15, -0.1) is 0 Å². The molecule has 0 spiro atoms. The molecule has 2 fully saturated rings. The molecule has 7 heteroatoms. The first-order valence-electron chi connectivity index (χ1n) is 9.94. The van der Waals surface area contributed by atoms with E-state index >= 15 is 0 Å². The van der Waals surface area contributed by atoms with E-state index in [-0.39, 0.29) is 17.7 Å². The van der Waals surface area contributed by atoms with Crippen LogP contribution in [0.1, 0.15) is 36.2 Å². The van der Waals surface area contributed by atoms with Crippen molar-refractivity contribution in [1.29, 1.82) is 0 Å². The quantitative estimate of drug-likeness (QED) is 0.847. The van der Waals surface area contributed by atoms with Crippen LogP contribution in [0.2, 0.25) is 0 Å². The van der Waals surface area contributed by atoms with E-state index in [9.17, 15) is 9.59 Å². The van der Waals surface area contributed by atoms with Gasteiger partial charge in [-0.05, 0) is 75.2 Å². The van der Waals surface area contributed by atoms with Gasteiger partial charge in [-0.25, -0.2) is 4.79 Å². The second kappa shape index (κ2) is 8.48. The van der Waals surface area contributed by atoms with Gasteiger partial charge in [0.15, 0.2) is 5.76 Å². The van der Waals surface area contributed by atoms with Crippen molar-refractivity contribution in [3.05, 3.63) is 48.4 Å². The first-order valence-corrected chi connectivity index (χ1v) is 9.94. The summed E-state index contributed by atoms with van der Waals surface area (Å²) in [7, 11) is 0. The maximum atomic E-state index is 12.7. The summed E-state index contributed by atoms with van der Waals surface area (Å²) in [4.78, 5) is 29.1. The Morgan fingerprint density at radius 3 is 2.32 bits per heavy atom. The van der Waals surface area contributed by atoms with Crippen LogP contribution in [0.15, 0.2) is 47.1 Å². The first kappa shape index (κ1) is 18.6. The Morgan fingerprint density at radius 1 is 0.929 bits per heavy atom. The lowest BCUT2D eigenvalue weighted by Crippen LogP contribution is -2.50. The fraction of sp³-hybridized carbons (Fsp3) is 0.429. The number of nitrogens with zero attached hydrogens (tertiary/aromatic N) is 2. The van der Waals surface area contributed by atoms with Gasteiger partial charge < -0.3 is 20.0 Å². The van der Waals surface area contributed by atoms with Crippen molar-refractivity contribution in [1.82, 2.24) is 9.80 Å². The molecule has 4 rings (SSSR count). The van der Waals surface area contributed by atoms with E-state index in [1.165, 1.54) is 25.5 Å². The molecular weight excluding hydrogens is 356 g/mol. The van der Waals surface area contributed by atoms with Crippen molar-refractivity contribution in [2.24, 2.45) is 0 Å². The number of hydrogen-bond acceptors (Lipinski definition) is 4. The van der Waals surface area contributed by atoms with Gasteiger partial charge in [-0.3, -0.25) is 9.69 Å². The van der Waals surface area contributed by atoms with Crippen molar-refractivity contribution in [2.45, 2.75) is 31.7 Å². The zero-order chi connectivity index (χ0) is 19.3. The second-order valence-corrected chi connectivity index (χ2v) is 7.42. The highest BCUT2D eigenvalue weighted by Crippen LogP contribution is 2.21. The predicted octanol–water partition coefficient (Wildman–Crippen LogP) is 3.62. The van der Waals surface area contributed by atoms with E-state index in [4.69, 9.17) is 4.42 Å². The molecule has 1 atom stereocenters. The summed E-state index contributed by atoms with van der Waals surface area (Å²) >= 11 is 0. The van der Waals surface area contributed by atoms with E-state index in [0.717, 1.165) is 32.6 Å². The number of urea groups is 1. The minimum absolute atomic E-state index is 0.0590. The molecule has 1 aromatic heterocycles. The topological polar surface area (TPSA) is 77.8 Å². The summed E-state index contributed by atoms with van der Waals surface area (Å²) in [6, 6.07) is 10.8. The Labute approximate surface area is 164 Å². The standard InChI is InChI=1S/C21H26N4O3/c26-20(19-6-4-14-28-19)22-16-7-9-17(10-8-16)23-21(27)25-13-3-5-18(15-25)24-11-1-2-12-24/h4,6-10,14,18H,1-3,5,11-13,15H2,(H,22,26)(H,23,27)/t18-/m0/s1. The largest absolute Gasteiger partial charge is 0.459 e. The number of benzene rings is 1. The number of likely N-dealkylation sites (tertiary alicyclic amines) is 2. The summed E-state index contributed by atoms with van der Waals surface area (Å²) in [5, 5.41) is 5.73. The fourth-order valence-corrected chi connectivity index (χ4v) is 3.98. The Balaban J connectivity index is 1.31. The van der Waals surface area contributed by atoms with Gasteiger partial charge in [-0.1, -0.05) is 0 Å². The molecule has 2 aromatic rings. The van der Waals surface area contributed by atoms with E-state index < -0.39 is 0 Å². The van der Waals surface area contributed by atoms with Crippen molar-refractivity contribution in [2.75, 3.05) is 36.8 Å². The lowest BCUT2D eigenvalue weighted by atomic mass is 10.0. The van der Waals surface area contributed by atoms with Gasteiger partial charge in [0.05, 0.1) is 6.26 Å².